The second kappa shape index (κ2) is 6.18. The molecule has 1 aromatic heterocycles. The van der Waals surface area contributed by atoms with Crippen LogP contribution in [-0.4, -0.2) is 15.8 Å². The molecular formula is C18H15N2O. The minimum Gasteiger partial charge on any atom is -0.330 e. The maximum absolute atomic E-state index is 10.5. The zero-order chi connectivity index (χ0) is 14.5. The zero-order valence-electron chi connectivity index (χ0n) is 11.6. The average Bonchev–Trinajstić information content (AvgIpc) is 3.03. The summed E-state index contributed by atoms with van der Waals surface area (Å²) in [6.07, 6.45) is 6.53. The molecule has 0 atom stereocenters. The molecule has 0 aliphatic heterocycles. The number of nitrogens with zero attached hydrogens (tertiary/aromatic N) is 2. The van der Waals surface area contributed by atoms with E-state index in [9.17, 15) is 4.79 Å². The minimum absolute atomic E-state index is 0.589. The Labute approximate surface area is 123 Å². The molecule has 3 heteroatoms. The van der Waals surface area contributed by atoms with Gasteiger partial charge in [-0.3, -0.25) is 4.79 Å². The van der Waals surface area contributed by atoms with Crippen LogP contribution >= 0.6 is 0 Å². The first-order chi connectivity index (χ1) is 10.4. The Balaban J connectivity index is 1.74. The third-order valence-corrected chi connectivity index (χ3v) is 3.50. The lowest BCUT2D eigenvalue weighted by molar-refractivity contribution is 0.562. The average molecular weight is 275 g/mol. The molecule has 103 valence electrons. The molecular weight excluding hydrogens is 260 g/mol. The van der Waals surface area contributed by atoms with Crippen molar-refractivity contribution in [3.05, 3.63) is 78.2 Å². The van der Waals surface area contributed by atoms with Gasteiger partial charge in [-0.2, -0.15) is 0 Å². The van der Waals surface area contributed by atoms with Gasteiger partial charge in [0.1, 0.15) is 0 Å². The van der Waals surface area contributed by atoms with E-state index in [2.05, 4.69) is 21.7 Å². The highest BCUT2D eigenvalue weighted by Gasteiger charge is 2.04. The summed E-state index contributed by atoms with van der Waals surface area (Å²) in [5.41, 5.74) is 4.07. The maximum atomic E-state index is 10.5. The van der Waals surface area contributed by atoms with E-state index in [1.54, 1.807) is 12.1 Å². The fraction of sp³-hybridized carbons (Fsp3) is 0.111. The van der Waals surface area contributed by atoms with E-state index in [1.165, 1.54) is 11.1 Å². The number of rotatable bonds is 5. The summed E-state index contributed by atoms with van der Waals surface area (Å²) in [6.45, 7) is 0.856. The molecule has 1 radical (unpaired) electrons. The number of hydrogen-bond acceptors (Lipinski definition) is 2. The lowest BCUT2D eigenvalue weighted by Crippen LogP contribution is -2.02. The Morgan fingerprint density at radius 2 is 1.76 bits per heavy atom. The second-order valence-electron chi connectivity index (χ2n) is 4.89. The first-order valence-electron chi connectivity index (χ1n) is 6.89. The Morgan fingerprint density at radius 1 is 1.00 bits per heavy atom. The molecule has 0 amide bonds. The van der Waals surface area contributed by atoms with Crippen LogP contribution in [0.4, 0.5) is 0 Å². The van der Waals surface area contributed by atoms with Gasteiger partial charge < -0.3 is 4.57 Å². The van der Waals surface area contributed by atoms with Crippen LogP contribution in [0.25, 0.3) is 11.3 Å². The standard InChI is InChI=1S/C18H15N2O/c21-13-16-8-6-15(7-9-16)10-11-20-14-19-12-18(20)17-4-2-1-3-5-17/h1-9,12,14H,10-11H2. The Hall–Kier alpha value is -2.68. The molecule has 0 bridgehead atoms. The summed E-state index contributed by atoms with van der Waals surface area (Å²) < 4.78 is 2.15. The van der Waals surface area contributed by atoms with Gasteiger partial charge >= 0.3 is 0 Å². The quantitative estimate of drug-likeness (QED) is 0.716. The van der Waals surface area contributed by atoms with Gasteiger partial charge in [0.05, 0.1) is 18.2 Å². The van der Waals surface area contributed by atoms with Crippen molar-refractivity contribution in [2.24, 2.45) is 0 Å². The number of benzene rings is 2. The lowest BCUT2D eigenvalue weighted by Gasteiger charge is -2.08. The number of aryl methyl sites for hydroxylation is 2. The molecule has 2 aromatic carbocycles. The first kappa shape index (κ1) is 13.3. The van der Waals surface area contributed by atoms with Crippen LogP contribution < -0.4 is 0 Å². The van der Waals surface area contributed by atoms with Crippen LogP contribution in [0.1, 0.15) is 11.1 Å². The van der Waals surface area contributed by atoms with E-state index in [0.717, 1.165) is 18.7 Å². The van der Waals surface area contributed by atoms with Crippen molar-refractivity contribution in [1.29, 1.82) is 0 Å². The third-order valence-electron chi connectivity index (χ3n) is 3.50. The molecule has 0 fully saturated rings. The first-order valence-corrected chi connectivity index (χ1v) is 6.89. The minimum atomic E-state index is 0.589. The molecule has 0 unspecified atom stereocenters. The van der Waals surface area contributed by atoms with E-state index in [0.29, 0.717) is 5.56 Å². The number of imidazole rings is 1. The second-order valence-corrected chi connectivity index (χ2v) is 4.89. The highest BCUT2D eigenvalue weighted by Crippen LogP contribution is 2.18. The van der Waals surface area contributed by atoms with Crippen LogP contribution in [-0.2, 0) is 17.8 Å². The predicted molar refractivity (Wildman–Crippen MR) is 82.6 cm³/mol. The SMILES string of the molecule is O=[C]c1ccc(CCn2cncc2-c2ccccc2)cc1. The monoisotopic (exact) mass is 275 g/mol. The van der Waals surface area contributed by atoms with Crippen LogP contribution in [0.5, 0.6) is 0 Å². The van der Waals surface area contributed by atoms with Crippen LogP contribution in [0.2, 0.25) is 0 Å². The molecule has 3 nitrogen and oxygen atoms in total. The highest BCUT2D eigenvalue weighted by molar-refractivity contribution is 5.75. The third kappa shape index (κ3) is 3.08. The number of aromatic nitrogens is 2. The largest absolute Gasteiger partial charge is 0.330 e. The summed E-state index contributed by atoms with van der Waals surface area (Å²) in [5.74, 6) is 0. The van der Waals surface area contributed by atoms with Gasteiger partial charge in [-0.05, 0) is 17.5 Å². The number of hydrogen-bond donors (Lipinski definition) is 0. The van der Waals surface area contributed by atoms with Gasteiger partial charge in [-0.15, -0.1) is 0 Å². The number of carbonyl (C=O) groups excluding carboxylic acids is 1. The van der Waals surface area contributed by atoms with Crippen LogP contribution in [0.15, 0.2) is 67.1 Å². The Kier molecular flexibility index (Phi) is 3.92. The summed E-state index contributed by atoms with van der Waals surface area (Å²) >= 11 is 0. The van der Waals surface area contributed by atoms with E-state index >= 15 is 0 Å². The smallest absolute Gasteiger partial charge is 0.233 e. The van der Waals surface area contributed by atoms with E-state index in [4.69, 9.17) is 0 Å². The molecule has 0 spiro atoms. The van der Waals surface area contributed by atoms with Crippen molar-refractivity contribution < 1.29 is 4.79 Å². The molecule has 3 rings (SSSR count). The molecule has 0 saturated carbocycles. The van der Waals surface area contributed by atoms with Crippen molar-refractivity contribution in [2.75, 3.05) is 0 Å². The van der Waals surface area contributed by atoms with Gasteiger partial charge in [-0.1, -0.05) is 54.6 Å². The van der Waals surface area contributed by atoms with Crippen LogP contribution in [0, 0.1) is 0 Å². The maximum Gasteiger partial charge on any atom is 0.233 e. The lowest BCUT2D eigenvalue weighted by atomic mass is 10.1. The van der Waals surface area contributed by atoms with Gasteiger partial charge in [0.25, 0.3) is 0 Å². The molecule has 0 aliphatic rings. The molecule has 0 N–H and O–H groups in total. The van der Waals surface area contributed by atoms with Gasteiger partial charge in [-0.25, -0.2) is 4.98 Å². The fourth-order valence-electron chi connectivity index (χ4n) is 2.34. The van der Waals surface area contributed by atoms with Gasteiger partial charge in [0.15, 0.2) is 0 Å². The van der Waals surface area contributed by atoms with Crippen molar-refractivity contribution in [1.82, 2.24) is 9.55 Å². The van der Waals surface area contributed by atoms with Gasteiger partial charge in [0, 0.05) is 12.1 Å². The predicted octanol–water partition coefficient (Wildman–Crippen LogP) is 3.25. The summed E-state index contributed by atoms with van der Waals surface area (Å²) in [5, 5.41) is 0. The van der Waals surface area contributed by atoms with Crippen molar-refractivity contribution in [3.8, 4) is 11.3 Å². The van der Waals surface area contributed by atoms with Crippen molar-refractivity contribution in [2.45, 2.75) is 13.0 Å². The Morgan fingerprint density at radius 3 is 2.48 bits per heavy atom. The normalized spacial score (nSPS) is 10.5. The molecule has 1 heterocycles. The summed E-state index contributed by atoms with van der Waals surface area (Å²) in [7, 11) is 0. The fourth-order valence-corrected chi connectivity index (χ4v) is 2.34. The van der Waals surface area contributed by atoms with E-state index < -0.39 is 0 Å². The zero-order valence-corrected chi connectivity index (χ0v) is 11.6. The highest BCUT2D eigenvalue weighted by atomic mass is 16.1. The van der Waals surface area contributed by atoms with Crippen LogP contribution in [0.3, 0.4) is 0 Å². The molecule has 21 heavy (non-hydrogen) atoms. The van der Waals surface area contributed by atoms with E-state index in [-0.39, 0.29) is 0 Å². The molecule has 3 aromatic rings. The van der Waals surface area contributed by atoms with Gasteiger partial charge in [0.2, 0.25) is 6.29 Å². The molecule has 0 saturated heterocycles. The summed E-state index contributed by atoms with van der Waals surface area (Å²) in [6, 6.07) is 17.8. The molecule has 0 aliphatic carbocycles. The van der Waals surface area contributed by atoms with E-state index in [1.807, 2.05) is 49.1 Å². The topological polar surface area (TPSA) is 34.9 Å². The Bertz CT molecular complexity index is 714. The van der Waals surface area contributed by atoms with Crippen molar-refractivity contribution in [3.63, 3.8) is 0 Å². The van der Waals surface area contributed by atoms with Crippen molar-refractivity contribution >= 4 is 6.29 Å². The summed E-state index contributed by atoms with van der Waals surface area (Å²) in [4.78, 5) is 14.8.